The summed E-state index contributed by atoms with van der Waals surface area (Å²) in [4.78, 5) is 27.4. The summed E-state index contributed by atoms with van der Waals surface area (Å²) in [5.74, 6) is 0.331. The fraction of sp³-hybridized carbons (Fsp3) is 0.421. The highest BCUT2D eigenvalue weighted by Crippen LogP contribution is 2.20. The normalized spacial score (nSPS) is 21.4. The molecule has 0 spiro atoms. The third-order valence-electron chi connectivity index (χ3n) is 5.08. The Morgan fingerprint density at radius 1 is 1.18 bits per heavy atom. The molecule has 1 saturated heterocycles. The monoisotopic (exact) mass is 388 g/mol. The van der Waals surface area contributed by atoms with Crippen molar-refractivity contribution in [1.29, 1.82) is 0 Å². The molecule has 0 aromatic heterocycles. The zero-order valence-corrected chi connectivity index (χ0v) is 15.6. The highest BCUT2D eigenvalue weighted by molar-refractivity contribution is 6.03. The van der Waals surface area contributed by atoms with Gasteiger partial charge in [0.25, 0.3) is 0 Å². The molecule has 1 atom stereocenters. The van der Waals surface area contributed by atoms with E-state index in [1.54, 1.807) is 4.90 Å². The number of rotatable bonds is 3. The molecule has 9 heteroatoms. The number of nitrogens with one attached hydrogen (secondary N) is 1. The molecule has 3 aliphatic rings. The van der Waals surface area contributed by atoms with Gasteiger partial charge in [0.1, 0.15) is 23.3 Å². The molecule has 1 N–H and O–H groups in total. The maximum Gasteiger partial charge on any atom is 0.321 e. The van der Waals surface area contributed by atoms with Gasteiger partial charge in [0, 0.05) is 50.6 Å². The molecule has 1 unspecified atom stereocenters. The van der Waals surface area contributed by atoms with E-state index in [0.717, 1.165) is 42.8 Å². The van der Waals surface area contributed by atoms with Crippen LogP contribution in [0.1, 0.15) is 13.3 Å². The summed E-state index contributed by atoms with van der Waals surface area (Å²) in [5, 5.41) is 2.55. The van der Waals surface area contributed by atoms with Crippen LogP contribution in [0.25, 0.3) is 0 Å². The van der Waals surface area contributed by atoms with Crippen LogP contribution < -0.4 is 5.32 Å². The van der Waals surface area contributed by atoms with E-state index < -0.39 is 11.6 Å². The van der Waals surface area contributed by atoms with Crippen LogP contribution in [-0.2, 0) is 0 Å². The van der Waals surface area contributed by atoms with Crippen LogP contribution in [0.3, 0.4) is 0 Å². The smallest absolute Gasteiger partial charge is 0.321 e. The van der Waals surface area contributed by atoms with E-state index in [9.17, 15) is 13.6 Å². The quantitative estimate of drug-likeness (QED) is 0.865. The molecule has 0 saturated carbocycles. The van der Waals surface area contributed by atoms with Gasteiger partial charge in [-0.25, -0.2) is 18.6 Å². The summed E-state index contributed by atoms with van der Waals surface area (Å²) in [6.45, 7) is 5.22. The number of amidine groups is 1. The van der Waals surface area contributed by atoms with Crippen molar-refractivity contribution in [2.45, 2.75) is 19.4 Å². The molecule has 3 heterocycles. The Morgan fingerprint density at radius 2 is 1.89 bits per heavy atom. The first-order valence-corrected chi connectivity index (χ1v) is 9.39. The van der Waals surface area contributed by atoms with Gasteiger partial charge in [0.15, 0.2) is 0 Å². The molecule has 3 aliphatic heterocycles. The number of piperazine rings is 1. The fourth-order valence-electron chi connectivity index (χ4n) is 3.49. The average molecular weight is 388 g/mol. The Balaban J connectivity index is 1.34. The predicted molar refractivity (Wildman–Crippen MR) is 103 cm³/mol. The van der Waals surface area contributed by atoms with Gasteiger partial charge in [-0.15, -0.1) is 0 Å². The van der Waals surface area contributed by atoms with Gasteiger partial charge in [-0.05, 0) is 18.6 Å². The van der Waals surface area contributed by atoms with E-state index in [4.69, 9.17) is 4.99 Å². The first kappa shape index (κ1) is 18.4. The van der Waals surface area contributed by atoms with Gasteiger partial charge < -0.3 is 20.0 Å². The first-order chi connectivity index (χ1) is 13.5. The van der Waals surface area contributed by atoms with E-state index in [-0.39, 0.29) is 11.7 Å². The predicted octanol–water partition coefficient (Wildman–Crippen LogP) is 2.49. The molecule has 0 aliphatic carbocycles. The SMILES string of the molecule is CCC1CN2C=NC(N3CCN(C(=O)Nc4cc(F)cc(F)c4)CC3)=CC2=N1. The number of nitrogens with zero attached hydrogens (tertiary/aromatic N) is 5. The second-order valence-electron chi connectivity index (χ2n) is 7.01. The summed E-state index contributed by atoms with van der Waals surface area (Å²) in [7, 11) is 0. The third-order valence-corrected chi connectivity index (χ3v) is 5.08. The molecular formula is C19H22F2N6O. The Bertz CT molecular complexity index is 840. The molecule has 2 amide bonds. The molecule has 1 aromatic carbocycles. The molecule has 1 aromatic rings. The zero-order valence-electron chi connectivity index (χ0n) is 15.6. The van der Waals surface area contributed by atoms with E-state index in [0.29, 0.717) is 32.2 Å². The summed E-state index contributed by atoms with van der Waals surface area (Å²) >= 11 is 0. The maximum atomic E-state index is 13.3. The van der Waals surface area contributed by atoms with Gasteiger partial charge in [-0.3, -0.25) is 4.99 Å². The Hall–Kier alpha value is -2.97. The number of fused-ring (bicyclic) bond motifs is 1. The van der Waals surface area contributed by atoms with Crippen molar-refractivity contribution in [3.63, 3.8) is 0 Å². The van der Waals surface area contributed by atoms with Crippen LogP contribution in [-0.4, -0.2) is 71.7 Å². The standard InChI is InChI=1S/C19H22F2N6O/c1-2-15-11-27-12-22-17(10-18(27)23-15)25-3-5-26(6-4-25)19(28)24-16-8-13(20)7-14(21)9-16/h7-10,12,15H,2-6,11H2,1H3,(H,24,28). The van der Waals surface area contributed by atoms with Gasteiger partial charge >= 0.3 is 6.03 Å². The molecule has 7 nitrogen and oxygen atoms in total. The minimum absolute atomic E-state index is 0.106. The topological polar surface area (TPSA) is 63.5 Å². The van der Waals surface area contributed by atoms with Crippen molar-refractivity contribution in [2.75, 3.05) is 38.0 Å². The Labute approximate surface area is 162 Å². The van der Waals surface area contributed by atoms with Crippen molar-refractivity contribution in [2.24, 2.45) is 9.98 Å². The fourth-order valence-corrected chi connectivity index (χ4v) is 3.49. The first-order valence-electron chi connectivity index (χ1n) is 9.39. The number of amides is 2. The van der Waals surface area contributed by atoms with E-state index >= 15 is 0 Å². The van der Waals surface area contributed by atoms with Gasteiger partial charge in [-0.1, -0.05) is 6.92 Å². The van der Waals surface area contributed by atoms with E-state index in [1.165, 1.54) is 0 Å². The molecular weight excluding hydrogens is 366 g/mol. The largest absolute Gasteiger partial charge is 0.353 e. The number of carbonyl (C=O) groups excluding carboxylic acids is 1. The van der Waals surface area contributed by atoms with Crippen molar-refractivity contribution >= 4 is 23.9 Å². The van der Waals surface area contributed by atoms with E-state index in [2.05, 4.69) is 27.0 Å². The van der Waals surface area contributed by atoms with Gasteiger partial charge in [-0.2, -0.15) is 0 Å². The number of urea groups is 1. The second-order valence-corrected chi connectivity index (χ2v) is 7.01. The lowest BCUT2D eigenvalue weighted by Gasteiger charge is -2.36. The highest BCUT2D eigenvalue weighted by Gasteiger charge is 2.28. The van der Waals surface area contributed by atoms with Crippen molar-refractivity contribution in [3.8, 4) is 0 Å². The van der Waals surface area contributed by atoms with Crippen LogP contribution in [0.5, 0.6) is 0 Å². The van der Waals surface area contributed by atoms with Crippen molar-refractivity contribution in [1.82, 2.24) is 14.7 Å². The number of benzene rings is 1. The number of aliphatic imine (C=N–C) groups is 2. The summed E-state index contributed by atoms with van der Waals surface area (Å²) in [5.41, 5.74) is 0.106. The zero-order chi connectivity index (χ0) is 19.7. The third kappa shape index (κ3) is 3.83. The molecule has 0 radical (unpaired) electrons. The minimum atomic E-state index is -0.726. The van der Waals surface area contributed by atoms with Crippen LogP contribution in [0.4, 0.5) is 19.3 Å². The number of hydrogen-bond acceptors (Lipinski definition) is 5. The lowest BCUT2D eigenvalue weighted by molar-refractivity contribution is 0.167. The molecule has 1 fully saturated rings. The Morgan fingerprint density at radius 3 is 2.57 bits per heavy atom. The average Bonchev–Trinajstić information content (AvgIpc) is 3.09. The van der Waals surface area contributed by atoms with Crippen LogP contribution in [0.15, 0.2) is 40.1 Å². The number of halogens is 2. The van der Waals surface area contributed by atoms with Crippen molar-refractivity contribution < 1.29 is 13.6 Å². The van der Waals surface area contributed by atoms with Crippen LogP contribution in [0.2, 0.25) is 0 Å². The summed E-state index contributed by atoms with van der Waals surface area (Å²) in [6.07, 6.45) is 4.81. The molecule has 0 bridgehead atoms. The summed E-state index contributed by atoms with van der Waals surface area (Å²) < 4.78 is 26.5. The number of carbonyl (C=O) groups is 1. The molecule has 148 valence electrons. The Kier molecular flexibility index (Phi) is 4.97. The van der Waals surface area contributed by atoms with Crippen LogP contribution in [0, 0.1) is 11.6 Å². The number of anilines is 1. The van der Waals surface area contributed by atoms with E-state index in [1.807, 2.05) is 12.4 Å². The van der Waals surface area contributed by atoms with Crippen LogP contribution >= 0.6 is 0 Å². The second kappa shape index (κ2) is 7.57. The van der Waals surface area contributed by atoms with Gasteiger partial charge in [0.05, 0.1) is 12.4 Å². The molecule has 4 rings (SSSR count). The highest BCUT2D eigenvalue weighted by atomic mass is 19.1. The molecule has 28 heavy (non-hydrogen) atoms. The summed E-state index contributed by atoms with van der Waals surface area (Å²) in [6, 6.07) is 2.89. The number of hydrogen-bond donors (Lipinski definition) is 1. The lowest BCUT2D eigenvalue weighted by Crippen LogP contribution is -2.49. The van der Waals surface area contributed by atoms with Crippen molar-refractivity contribution in [3.05, 3.63) is 41.7 Å². The minimum Gasteiger partial charge on any atom is -0.353 e. The lowest BCUT2D eigenvalue weighted by atomic mass is 10.2. The maximum absolute atomic E-state index is 13.3. The van der Waals surface area contributed by atoms with Gasteiger partial charge in [0.2, 0.25) is 0 Å².